The van der Waals surface area contributed by atoms with Crippen molar-refractivity contribution in [1.82, 2.24) is 0 Å². The summed E-state index contributed by atoms with van der Waals surface area (Å²) >= 11 is 0. The van der Waals surface area contributed by atoms with Gasteiger partial charge < -0.3 is 23.4 Å². The highest BCUT2D eigenvalue weighted by Gasteiger charge is 2.50. The Morgan fingerprint density at radius 2 is 1.27 bits per heavy atom. The van der Waals surface area contributed by atoms with Gasteiger partial charge in [0.1, 0.15) is 5.75 Å². The molecule has 0 spiro atoms. The second kappa shape index (κ2) is 17.6. The van der Waals surface area contributed by atoms with Crippen LogP contribution in [0.1, 0.15) is 67.9 Å². The van der Waals surface area contributed by atoms with E-state index in [9.17, 15) is 5.11 Å². The minimum Gasteiger partial charge on any atom is -0.497 e. The molecule has 0 saturated heterocycles. The zero-order chi connectivity index (χ0) is 36.5. The van der Waals surface area contributed by atoms with Gasteiger partial charge in [0, 0.05) is 25.0 Å². The smallest absolute Gasteiger partial charge is 0.261 e. The van der Waals surface area contributed by atoms with Crippen LogP contribution in [0.15, 0.2) is 97.1 Å². The lowest BCUT2D eigenvalue weighted by atomic mass is 9.89. The average molecular weight is 705 g/mol. The van der Waals surface area contributed by atoms with Gasteiger partial charge in [0.15, 0.2) is 8.32 Å². The van der Waals surface area contributed by atoms with E-state index < -0.39 is 16.6 Å². The fourth-order valence-corrected chi connectivity index (χ4v) is 12.4. The first-order valence-electron chi connectivity index (χ1n) is 17.9. The molecule has 3 aromatic rings. The molecule has 5 nitrogen and oxygen atoms in total. The van der Waals surface area contributed by atoms with E-state index in [1.807, 2.05) is 24.3 Å². The third-order valence-electron chi connectivity index (χ3n) is 10.3. The van der Waals surface area contributed by atoms with Crippen molar-refractivity contribution < 1.29 is 23.4 Å². The van der Waals surface area contributed by atoms with Crippen molar-refractivity contribution >= 4 is 27.0 Å². The van der Waals surface area contributed by atoms with E-state index >= 15 is 0 Å². The van der Waals surface area contributed by atoms with E-state index in [4.69, 9.17) is 18.3 Å². The van der Waals surface area contributed by atoms with E-state index in [1.165, 1.54) is 10.4 Å². The topological polar surface area (TPSA) is 57.2 Å². The highest BCUT2D eigenvalue weighted by atomic mass is 28.4. The molecule has 0 saturated carbocycles. The van der Waals surface area contributed by atoms with Gasteiger partial charge in [-0.2, -0.15) is 0 Å². The van der Waals surface area contributed by atoms with E-state index in [2.05, 4.69) is 148 Å². The molecule has 49 heavy (non-hydrogen) atoms. The monoisotopic (exact) mass is 704 g/mol. The van der Waals surface area contributed by atoms with E-state index in [-0.39, 0.29) is 46.6 Å². The minimum absolute atomic E-state index is 0.00410. The maximum absolute atomic E-state index is 10.4. The second-order valence-corrected chi connectivity index (χ2v) is 25.4. The molecule has 0 unspecified atom stereocenters. The van der Waals surface area contributed by atoms with Crippen molar-refractivity contribution in [2.45, 2.75) is 104 Å². The summed E-state index contributed by atoms with van der Waals surface area (Å²) in [7, 11) is -3.11. The lowest BCUT2D eigenvalue weighted by Crippen LogP contribution is -2.66. The molecule has 3 aromatic carbocycles. The summed E-state index contributed by atoms with van der Waals surface area (Å²) in [5.41, 5.74) is 1.08. The number of aliphatic hydroxyl groups is 1. The summed E-state index contributed by atoms with van der Waals surface area (Å²) in [4.78, 5) is 0. The quantitative estimate of drug-likeness (QED) is 0.112. The Labute approximate surface area is 300 Å². The molecular weight excluding hydrogens is 641 g/mol. The van der Waals surface area contributed by atoms with Crippen LogP contribution in [0.2, 0.25) is 23.2 Å². The number of methoxy groups -OCH3 is 1. The molecule has 0 aromatic heterocycles. The molecule has 0 heterocycles. The van der Waals surface area contributed by atoms with Gasteiger partial charge in [0.2, 0.25) is 0 Å². The third kappa shape index (κ3) is 10.5. The predicted molar refractivity (Wildman–Crippen MR) is 211 cm³/mol. The fourth-order valence-electron chi connectivity index (χ4n) is 6.22. The van der Waals surface area contributed by atoms with Gasteiger partial charge >= 0.3 is 0 Å². The second-order valence-electron chi connectivity index (χ2n) is 16.3. The van der Waals surface area contributed by atoms with E-state index in [1.54, 1.807) is 7.11 Å². The van der Waals surface area contributed by atoms with Gasteiger partial charge in [-0.15, -0.1) is 0 Å². The lowest BCUT2D eigenvalue weighted by molar-refractivity contribution is -0.0338. The first-order valence-corrected chi connectivity index (χ1v) is 22.7. The van der Waals surface area contributed by atoms with Crippen LogP contribution >= 0.6 is 0 Å². The molecule has 270 valence electrons. The number of hydrogen-bond acceptors (Lipinski definition) is 5. The van der Waals surface area contributed by atoms with Crippen LogP contribution in [0.4, 0.5) is 0 Å². The SMILES string of the molecule is COc1ccc(CO[C@H](/C=C/[C@H](C)CO[Si](c2ccccc2)(c2ccccc2)C(C)(C)C)[C@H](C)[C@@H](O[Si](C)(C)C(C)(C)C)[C@@H](C)CO)cc1. The summed E-state index contributed by atoms with van der Waals surface area (Å²) in [6.45, 7) is 25.9. The molecule has 3 rings (SSSR count). The number of rotatable bonds is 17. The molecule has 0 aliphatic heterocycles. The Balaban J connectivity index is 1.94. The Hall–Kier alpha value is -2.53. The standard InChI is InChI=1S/C42H64O5Si2/c1-32(30-46-49(42(7,8)9,37-19-15-13-16-20-37)38-21-17-14-18-22-38)23-28-39(45-31-35-24-26-36(44-10)27-25-35)34(3)40(33(2)29-43)47-48(11,12)41(4,5)6/h13-28,32-34,39-40,43H,29-31H2,1-12H3/b28-23+/t32-,33-,34-,39+,40-/m0/s1. The fraction of sp³-hybridized carbons (Fsp3) is 0.524. The summed E-state index contributed by atoms with van der Waals surface area (Å²) in [6.07, 6.45) is 4.06. The number of ether oxygens (including phenoxy) is 2. The van der Waals surface area contributed by atoms with Gasteiger partial charge in [0.05, 0.1) is 25.9 Å². The summed E-state index contributed by atoms with van der Waals surface area (Å²) in [5.74, 6) is 0.912. The summed E-state index contributed by atoms with van der Waals surface area (Å²) in [6, 6.07) is 29.6. The van der Waals surface area contributed by atoms with Gasteiger partial charge in [0.25, 0.3) is 8.32 Å². The summed E-state index contributed by atoms with van der Waals surface area (Å²) < 4.78 is 26.4. The molecule has 5 atom stereocenters. The number of aliphatic hydroxyl groups excluding tert-OH is 1. The first-order chi connectivity index (χ1) is 23.0. The van der Waals surface area contributed by atoms with Crippen molar-refractivity contribution in [1.29, 1.82) is 0 Å². The number of hydrogen-bond donors (Lipinski definition) is 1. The molecule has 0 radical (unpaired) electrons. The van der Waals surface area contributed by atoms with E-state index in [0.717, 1.165) is 11.3 Å². The van der Waals surface area contributed by atoms with E-state index in [0.29, 0.717) is 13.2 Å². The van der Waals surface area contributed by atoms with Crippen molar-refractivity contribution in [3.63, 3.8) is 0 Å². The van der Waals surface area contributed by atoms with Gasteiger partial charge in [-0.25, -0.2) is 0 Å². The van der Waals surface area contributed by atoms with Crippen molar-refractivity contribution in [3.05, 3.63) is 103 Å². The normalized spacial score (nSPS) is 16.3. The molecule has 7 heteroatoms. The third-order valence-corrected chi connectivity index (χ3v) is 19.8. The Kier molecular flexibility index (Phi) is 14.7. The molecule has 1 N–H and O–H groups in total. The molecular formula is C42H64O5Si2. The van der Waals surface area contributed by atoms with Gasteiger partial charge in [-0.05, 0) is 57.2 Å². The highest BCUT2D eigenvalue weighted by molar-refractivity contribution is 6.99. The van der Waals surface area contributed by atoms with Crippen molar-refractivity contribution in [3.8, 4) is 5.75 Å². The van der Waals surface area contributed by atoms with Crippen LogP contribution < -0.4 is 15.1 Å². The lowest BCUT2D eigenvalue weighted by Gasteiger charge is -2.44. The van der Waals surface area contributed by atoms with Crippen LogP contribution in [0, 0.1) is 17.8 Å². The van der Waals surface area contributed by atoms with Gasteiger partial charge in [-0.1, -0.05) is 147 Å². The number of benzene rings is 3. The Bertz CT molecular complexity index is 1370. The van der Waals surface area contributed by atoms with Crippen molar-refractivity contribution in [2.75, 3.05) is 20.3 Å². The zero-order valence-electron chi connectivity index (χ0n) is 32.3. The maximum atomic E-state index is 10.4. The van der Waals surface area contributed by atoms with Crippen LogP contribution in [-0.4, -0.2) is 54.3 Å². The Morgan fingerprint density at radius 1 is 0.735 bits per heavy atom. The first kappa shape index (κ1) is 40.9. The van der Waals surface area contributed by atoms with Crippen LogP contribution in [0.5, 0.6) is 5.75 Å². The average Bonchev–Trinajstić information content (AvgIpc) is 3.07. The molecule has 0 aliphatic rings. The van der Waals surface area contributed by atoms with Crippen LogP contribution in [-0.2, 0) is 20.2 Å². The molecule has 0 amide bonds. The van der Waals surface area contributed by atoms with Crippen molar-refractivity contribution in [2.24, 2.45) is 17.8 Å². The zero-order valence-corrected chi connectivity index (χ0v) is 34.3. The minimum atomic E-state index is -2.66. The highest BCUT2D eigenvalue weighted by Crippen LogP contribution is 2.40. The van der Waals surface area contributed by atoms with Crippen LogP contribution in [0.25, 0.3) is 0 Å². The predicted octanol–water partition coefficient (Wildman–Crippen LogP) is 9.00. The Morgan fingerprint density at radius 3 is 1.71 bits per heavy atom. The molecule has 0 fully saturated rings. The largest absolute Gasteiger partial charge is 0.497 e. The summed E-state index contributed by atoms with van der Waals surface area (Å²) in [5, 5.41) is 12.9. The molecule has 0 bridgehead atoms. The van der Waals surface area contributed by atoms with Gasteiger partial charge in [-0.3, -0.25) is 0 Å². The molecule has 0 aliphatic carbocycles. The maximum Gasteiger partial charge on any atom is 0.261 e. The van der Waals surface area contributed by atoms with Crippen LogP contribution in [0.3, 0.4) is 0 Å².